The second kappa shape index (κ2) is 4.39. The Morgan fingerprint density at radius 2 is 2.24 bits per heavy atom. The average molecular weight is 337 g/mol. The first-order valence-electron chi connectivity index (χ1n) is 4.51. The predicted molar refractivity (Wildman–Crippen MR) is 68.6 cm³/mol. The Hall–Kier alpha value is -0.930. The van der Waals surface area contributed by atoms with Gasteiger partial charge in [0.1, 0.15) is 0 Å². The fourth-order valence-corrected chi connectivity index (χ4v) is 3.62. The van der Waals surface area contributed by atoms with Crippen LogP contribution in [-0.2, 0) is 17.1 Å². The number of nitrogens with zero attached hydrogens (tertiary/aromatic N) is 4. The SMILES string of the molecule is CN(c1ncc(Br)s1)S(=O)(=O)c1ccn(C)n1. The molecule has 0 spiro atoms. The number of thiazole rings is 1. The molecule has 0 N–H and O–H groups in total. The van der Waals surface area contributed by atoms with Gasteiger partial charge in [0.25, 0.3) is 10.0 Å². The molecule has 0 saturated heterocycles. The number of hydrogen-bond donors (Lipinski definition) is 0. The van der Waals surface area contributed by atoms with Crippen LogP contribution in [0.1, 0.15) is 0 Å². The van der Waals surface area contributed by atoms with Crippen molar-refractivity contribution in [1.29, 1.82) is 0 Å². The largest absolute Gasteiger partial charge is 0.285 e. The van der Waals surface area contributed by atoms with E-state index < -0.39 is 10.0 Å². The third-order valence-electron chi connectivity index (χ3n) is 2.05. The molecule has 2 aromatic rings. The number of anilines is 1. The molecule has 0 atom stereocenters. The highest BCUT2D eigenvalue weighted by Gasteiger charge is 2.25. The second-order valence-corrected chi connectivity index (χ2v) is 7.55. The molecule has 6 nitrogen and oxygen atoms in total. The molecule has 2 aromatic heterocycles. The normalized spacial score (nSPS) is 11.7. The zero-order chi connectivity index (χ0) is 12.6. The number of hydrogen-bond acceptors (Lipinski definition) is 5. The minimum absolute atomic E-state index is 0.00817. The van der Waals surface area contributed by atoms with Gasteiger partial charge in [-0.05, 0) is 22.0 Å². The van der Waals surface area contributed by atoms with E-state index in [1.807, 2.05) is 0 Å². The summed E-state index contributed by atoms with van der Waals surface area (Å²) in [5.74, 6) is 0. The van der Waals surface area contributed by atoms with Crippen molar-refractivity contribution >= 4 is 42.4 Å². The molecule has 0 fully saturated rings. The Bertz CT molecular complexity index is 634. The van der Waals surface area contributed by atoms with E-state index in [-0.39, 0.29) is 5.03 Å². The summed E-state index contributed by atoms with van der Waals surface area (Å²) in [6.07, 6.45) is 3.14. The minimum atomic E-state index is -3.63. The molecule has 17 heavy (non-hydrogen) atoms. The molecule has 0 radical (unpaired) electrons. The molecule has 0 aliphatic heterocycles. The van der Waals surface area contributed by atoms with Crippen LogP contribution in [0.5, 0.6) is 0 Å². The highest BCUT2D eigenvalue weighted by molar-refractivity contribution is 9.11. The maximum atomic E-state index is 12.2. The molecule has 9 heteroatoms. The van der Waals surface area contributed by atoms with Crippen LogP contribution in [0.25, 0.3) is 0 Å². The lowest BCUT2D eigenvalue weighted by Crippen LogP contribution is -2.26. The van der Waals surface area contributed by atoms with Crippen molar-refractivity contribution in [1.82, 2.24) is 14.8 Å². The van der Waals surface area contributed by atoms with Crippen LogP contribution in [0.4, 0.5) is 5.13 Å². The van der Waals surface area contributed by atoms with Gasteiger partial charge >= 0.3 is 0 Å². The minimum Gasteiger partial charge on any atom is -0.274 e. The van der Waals surface area contributed by atoms with E-state index in [9.17, 15) is 8.42 Å². The molecular weight excluding hydrogens is 328 g/mol. The lowest BCUT2D eigenvalue weighted by Gasteiger charge is -2.13. The molecular formula is C8H9BrN4O2S2. The van der Waals surface area contributed by atoms with Crippen LogP contribution >= 0.6 is 27.3 Å². The standard InChI is InChI=1S/C8H9BrN4O2S2/c1-12-4-3-7(11-12)17(14,15)13(2)8-10-5-6(9)16-8/h3-5H,1-2H3. The summed E-state index contributed by atoms with van der Waals surface area (Å²) in [7, 11) is -0.510. The van der Waals surface area contributed by atoms with Gasteiger partial charge < -0.3 is 0 Å². The first-order valence-corrected chi connectivity index (χ1v) is 7.56. The van der Waals surface area contributed by atoms with E-state index in [0.29, 0.717) is 5.13 Å². The molecule has 0 aliphatic carbocycles. The van der Waals surface area contributed by atoms with Gasteiger partial charge in [0.2, 0.25) is 0 Å². The topological polar surface area (TPSA) is 68.1 Å². The summed E-state index contributed by atoms with van der Waals surface area (Å²) in [5, 5.41) is 4.29. The van der Waals surface area contributed by atoms with Crippen LogP contribution in [0.15, 0.2) is 27.3 Å². The average Bonchev–Trinajstić information content (AvgIpc) is 2.86. The predicted octanol–water partition coefficient (Wildman–Crippen LogP) is 1.46. The van der Waals surface area contributed by atoms with E-state index in [1.54, 1.807) is 19.4 Å². The number of sulfonamides is 1. The van der Waals surface area contributed by atoms with Crippen molar-refractivity contribution in [3.8, 4) is 0 Å². The van der Waals surface area contributed by atoms with Gasteiger partial charge in [0, 0.05) is 20.3 Å². The molecule has 2 heterocycles. The van der Waals surface area contributed by atoms with Crippen molar-refractivity contribution in [2.75, 3.05) is 11.4 Å². The van der Waals surface area contributed by atoms with Gasteiger partial charge in [-0.3, -0.25) is 4.68 Å². The van der Waals surface area contributed by atoms with Gasteiger partial charge in [0.15, 0.2) is 10.2 Å². The van der Waals surface area contributed by atoms with Crippen molar-refractivity contribution < 1.29 is 8.42 Å². The van der Waals surface area contributed by atoms with Crippen LogP contribution in [0.3, 0.4) is 0 Å². The van der Waals surface area contributed by atoms with Crippen LogP contribution in [-0.4, -0.2) is 30.2 Å². The van der Waals surface area contributed by atoms with Crippen LogP contribution in [0, 0.1) is 0 Å². The maximum Gasteiger partial charge on any atom is 0.285 e. The first-order chi connectivity index (χ1) is 7.91. The quantitative estimate of drug-likeness (QED) is 0.850. The fraction of sp³-hybridized carbons (Fsp3) is 0.250. The Morgan fingerprint density at radius 3 is 2.71 bits per heavy atom. The highest BCUT2D eigenvalue weighted by Crippen LogP contribution is 2.28. The van der Waals surface area contributed by atoms with E-state index in [0.717, 1.165) is 8.09 Å². The van der Waals surface area contributed by atoms with Gasteiger partial charge in [-0.25, -0.2) is 9.29 Å². The van der Waals surface area contributed by atoms with E-state index in [1.165, 1.54) is 29.1 Å². The van der Waals surface area contributed by atoms with E-state index >= 15 is 0 Å². The van der Waals surface area contributed by atoms with Crippen molar-refractivity contribution in [3.05, 3.63) is 22.2 Å². The third kappa shape index (κ3) is 2.35. The molecule has 92 valence electrons. The smallest absolute Gasteiger partial charge is 0.274 e. The van der Waals surface area contributed by atoms with Gasteiger partial charge in [-0.15, -0.1) is 0 Å². The van der Waals surface area contributed by atoms with Crippen molar-refractivity contribution in [2.24, 2.45) is 7.05 Å². The number of rotatable bonds is 3. The summed E-state index contributed by atoms with van der Waals surface area (Å²) in [4.78, 5) is 4.00. The Morgan fingerprint density at radius 1 is 1.53 bits per heavy atom. The summed E-state index contributed by atoms with van der Waals surface area (Å²) >= 11 is 4.48. The summed E-state index contributed by atoms with van der Waals surface area (Å²) in [5.41, 5.74) is 0. The molecule has 0 unspecified atom stereocenters. The van der Waals surface area contributed by atoms with Crippen LogP contribution in [0.2, 0.25) is 0 Å². The first kappa shape index (κ1) is 12.5. The molecule has 0 aromatic carbocycles. The molecule has 0 amide bonds. The van der Waals surface area contributed by atoms with Gasteiger partial charge in [0.05, 0.1) is 9.98 Å². The Labute approximate surface area is 111 Å². The van der Waals surface area contributed by atoms with Crippen molar-refractivity contribution in [2.45, 2.75) is 5.03 Å². The Kier molecular flexibility index (Phi) is 3.23. The van der Waals surface area contributed by atoms with Gasteiger partial charge in [-0.1, -0.05) is 11.3 Å². The molecule has 2 rings (SSSR count). The zero-order valence-corrected chi connectivity index (χ0v) is 12.3. The van der Waals surface area contributed by atoms with Crippen LogP contribution < -0.4 is 4.31 Å². The van der Waals surface area contributed by atoms with E-state index in [4.69, 9.17) is 0 Å². The summed E-state index contributed by atoms with van der Waals surface area (Å²) in [6, 6.07) is 1.45. The maximum absolute atomic E-state index is 12.2. The number of halogens is 1. The molecule has 0 aliphatic rings. The molecule has 0 bridgehead atoms. The summed E-state index contributed by atoms with van der Waals surface area (Å²) in [6.45, 7) is 0. The number of aryl methyl sites for hydroxylation is 1. The Balaban J connectivity index is 2.39. The monoisotopic (exact) mass is 336 g/mol. The molecule has 0 saturated carbocycles. The zero-order valence-electron chi connectivity index (χ0n) is 9.03. The van der Waals surface area contributed by atoms with E-state index in [2.05, 4.69) is 26.0 Å². The summed E-state index contributed by atoms with van der Waals surface area (Å²) < 4.78 is 27.6. The van der Waals surface area contributed by atoms with Gasteiger partial charge in [-0.2, -0.15) is 13.5 Å². The van der Waals surface area contributed by atoms with Crippen molar-refractivity contribution in [3.63, 3.8) is 0 Å². The fourth-order valence-electron chi connectivity index (χ4n) is 1.17. The number of aromatic nitrogens is 3. The highest BCUT2D eigenvalue weighted by atomic mass is 79.9. The third-order valence-corrected chi connectivity index (χ3v) is 5.36. The lowest BCUT2D eigenvalue weighted by atomic mass is 10.7. The second-order valence-electron chi connectivity index (χ2n) is 3.25. The lowest BCUT2D eigenvalue weighted by molar-refractivity contribution is 0.586.